The number of methoxy groups -OCH3 is 2. The quantitative estimate of drug-likeness (QED) is 0.516. The molecule has 0 bridgehead atoms. The van der Waals surface area contributed by atoms with Gasteiger partial charge in [0.15, 0.2) is 11.5 Å². The summed E-state index contributed by atoms with van der Waals surface area (Å²) in [6.07, 6.45) is 0.420. The summed E-state index contributed by atoms with van der Waals surface area (Å²) in [5.41, 5.74) is 1.34. The number of aromatic nitrogens is 2. The van der Waals surface area contributed by atoms with E-state index in [1.54, 1.807) is 43.4 Å². The third kappa shape index (κ3) is 4.77. The monoisotopic (exact) mass is 425 g/mol. The Morgan fingerprint density at radius 3 is 2.65 bits per heavy atom. The van der Waals surface area contributed by atoms with Crippen LogP contribution >= 0.6 is 0 Å². The van der Waals surface area contributed by atoms with Gasteiger partial charge in [0, 0.05) is 37.7 Å². The first-order valence-electron chi connectivity index (χ1n) is 9.83. The third-order valence-electron chi connectivity index (χ3n) is 4.88. The molecule has 2 aromatic carbocycles. The van der Waals surface area contributed by atoms with Crippen LogP contribution in [0.4, 0.5) is 0 Å². The van der Waals surface area contributed by atoms with Crippen molar-refractivity contribution in [1.82, 2.24) is 15.0 Å². The Morgan fingerprint density at radius 2 is 1.87 bits per heavy atom. The normalized spacial score (nSPS) is 12.1. The van der Waals surface area contributed by atoms with Gasteiger partial charge >= 0.3 is 0 Å². The van der Waals surface area contributed by atoms with Crippen LogP contribution in [0.15, 0.2) is 47.0 Å². The molecule has 162 valence electrons. The lowest BCUT2D eigenvalue weighted by molar-refractivity contribution is 0.0694. The Kier molecular flexibility index (Phi) is 6.32. The minimum Gasteiger partial charge on any atom is -0.497 e. The van der Waals surface area contributed by atoms with Crippen LogP contribution in [-0.4, -0.2) is 61.7 Å². The number of nitrogens with zero attached hydrogens (tertiary/aromatic N) is 3. The van der Waals surface area contributed by atoms with Crippen molar-refractivity contribution in [3.63, 3.8) is 0 Å². The SMILES string of the molecule is COCCN(CCc1nc(-c2ccc3c(c2)OCO3)no1)C(=O)c1ccc(OC)cc1. The maximum Gasteiger partial charge on any atom is 0.253 e. The van der Waals surface area contributed by atoms with Gasteiger partial charge in [-0.05, 0) is 42.5 Å². The lowest BCUT2D eigenvalue weighted by Gasteiger charge is -2.22. The minimum atomic E-state index is -0.102. The van der Waals surface area contributed by atoms with Crippen molar-refractivity contribution < 1.29 is 28.3 Å². The maximum absolute atomic E-state index is 12.9. The van der Waals surface area contributed by atoms with E-state index >= 15 is 0 Å². The van der Waals surface area contributed by atoms with Crippen LogP contribution in [0.25, 0.3) is 11.4 Å². The summed E-state index contributed by atoms with van der Waals surface area (Å²) in [6, 6.07) is 12.5. The molecule has 1 aliphatic rings. The molecule has 3 aromatic rings. The standard InChI is InChI=1S/C22H23N3O6/c1-27-12-11-25(22(26)15-3-6-17(28-2)7-4-15)10-9-20-23-21(24-31-20)16-5-8-18-19(13-16)30-14-29-18/h3-8,13H,9-12,14H2,1-2H3. The van der Waals surface area contributed by atoms with Gasteiger partial charge in [-0.15, -0.1) is 0 Å². The first-order valence-corrected chi connectivity index (χ1v) is 9.83. The van der Waals surface area contributed by atoms with Gasteiger partial charge in [-0.1, -0.05) is 5.16 Å². The number of rotatable bonds is 9. The molecule has 0 spiro atoms. The second-order valence-electron chi connectivity index (χ2n) is 6.84. The number of benzene rings is 2. The van der Waals surface area contributed by atoms with Crippen molar-refractivity contribution in [3.8, 4) is 28.6 Å². The Morgan fingerprint density at radius 1 is 1.06 bits per heavy atom. The van der Waals surface area contributed by atoms with E-state index in [9.17, 15) is 4.79 Å². The zero-order valence-corrected chi connectivity index (χ0v) is 17.4. The number of ether oxygens (including phenoxy) is 4. The molecule has 0 saturated carbocycles. The fraction of sp³-hybridized carbons (Fsp3) is 0.318. The van der Waals surface area contributed by atoms with Gasteiger partial charge in [-0.2, -0.15) is 4.98 Å². The first kappa shape index (κ1) is 20.7. The molecule has 1 amide bonds. The van der Waals surface area contributed by atoms with Crippen LogP contribution in [0, 0.1) is 0 Å². The summed E-state index contributed by atoms with van der Waals surface area (Å²) < 4.78 is 26.4. The molecule has 0 fully saturated rings. The highest BCUT2D eigenvalue weighted by Gasteiger charge is 2.19. The fourth-order valence-corrected chi connectivity index (χ4v) is 3.17. The summed E-state index contributed by atoms with van der Waals surface area (Å²) in [5, 5.41) is 4.05. The van der Waals surface area contributed by atoms with E-state index in [1.165, 1.54) is 0 Å². The molecule has 0 unspecified atom stereocenters. The fourth-order valence-electron chi connectivity index (χ4n) is 3.17. The van der Waals surface area contributed by atoms with Gasteiger partial charge < -0.3 is 28.4 Å². The maximum atomic E-state index is 12.9. The van der Waals surface area contributed by atoms with E-state index in [4.69, 9.17) is 23.5 Å². The van der Waals surface area contributed by atoms with E-state index in [0.29, 0.717) is 60.6 Å². The lowest BCUT2D eigenvalue weighted by atomic mass is 10.2. The molecule has 4 rings (SSSR count). The van der Waals surface area contributed by atoms with Crippen LogP contribution in [0.1, 0.15) is 16.2 Å². The Labute approximate surface area is 179 Å². The molecular weight excluding hydrogens is 402 g/mol. The Hall–Kier alpha value is -3.59. The van der Waals surface area contributed by atoms with Gasteiger partial charge in [-0.3, -0.25) is 4.79 Å². The Bertz CT molecular complexity index is 1030. The van der Waals surface area contributed by atoms with E-state index in [1.807, 2.05) is 18.2 Å². The number of carbonyl (C=O) groups excluding carboxylic acids is 1. The van der Waals surface area contributed by atoms with Crippen molar-refractivity contribution in [1.29, 1.82) is 0 Å². The van der Waals surface area contributed by atoms with Crippen molar-refractivity contribution >= 4 is 5.91 Å². The summed E-state index contributed by atoms with van der Waals surface area (Å²) in [6.45, 7) is 1.49. The van der Waals surface area contributed by atoms with E-state index in [2.05, 4.69) is 10.1 Å². The molecule has 0 N–H and O–H groups in total. The molecule has 9 heteroatoms. The van der Waals surface area contributed by atoms with Crippen molar-refractivity contribution in [2.24, 2.45) is 0 Å². The predicted octanol–water partition coefficient (Wildman–Crippen LogP) is 2.81. The third-order valence-corrected chi connectivity index (χ3v) is 4.88. The van der Waals surface area contributed by atoms with E-state index in [-0.39, 0.29) is 12.7 Å². The van der Waals surface area contributed by atoms with Gasteiger partial charge in [0.25, 0.3) is 5.91 Å². The second-order valence-corrected chi connectivity index (χ2v) is 6.84. The van der Waals surface area contributed by atoms with Crippen LogP contribution in [-0.2, 0) is 11.2 Å². The number of amides is 1. The van der Waals surface area contributed by atoms with Gasteiger partial charge in [-0.25, -0.2) is 0 Å². The summed E-state index contributed by atoms with van der Waals surface area (Å²) in [4.78, 5) is 19.1. The van der Waals surface area contributed by atoms with Gasteiger partial charge in [0.1, 0.15) is 5.75 Å². The molecule has 1 aromatic heterocycles. The highest BCUT2D eigenvalue weighted by Crippen LogP contribution is 2.35. The highest BCUT2D eigenvalue weighted by atomic mass is 16.7. The van der Waals surface area contributed by atoms with E-state index < -0.39 is 0 Å². The zero-order valence-electron chi connectivity index (χ0n) is 17.4. The lowest BCUT2D eigenvalue weighted by Crippen LogP contribution is -2.35. The Balaban J connectivity index is 1.43. The van der Waals surface area contributed by atoms with Gasteiger partial charge in [0.2, 0.25) is 18.5 Å². The minimum absolute atomic E-state index is 0.102. The highest BCUT2D eigenvalue weighted by molar-refractivity contribution is 5.94. The largest absolute Gasteiger partial charge is 0.497 e. The van der Waals surface area contributed by atoms with Crippen LogP contribution in [0.3, 0.4) is 0 Å². The number of hydrogen-bond acceptors (Lipinski definition) is 8. The zero-order chi connectivity index (χ0) is 21.6. The molecule has 9 nitrogen and oxygen atoms in total. The number of carbonyl (C=O) groups is 1. The van der Waals surface area contributed by atoms with Crippen molar-refractivity contribution in [3.05, 3.63) is 53.9 Å². The molecule has 31 heavy (non-hydrogen) atoms. The summed E-state index contributed by atoms with van der Waals surface area (Å²) in [7, 11) is 3.19. The molecule has 0 aliphatic carbocycles. The molecule has 2 heterocycles. The average Bonchev–Trinajstić information content (AvgIpc) is 3.48. The van der Waals surface area contributed by atoms with Crippen molar-refractivity contribution in [2.75, 3.05) is 40.7 Å². The number of fused-ring (bicyclic) bond motifs is 1. The molecule has 0 radical (unpaired) electrons. The van der Waals surface area contributed by atoms with Crippen molar-refractivity contribution in [2.45, 2.75) is 6.42 Å². The van der Waals surface area contributed by atoms with E-state index in [0.717, 1.165) is 5.56 Å². The second kappa shape index (κ2) is 9.48. The van der Waals surface area contributed by atoms with Crippen LogP contribution < -0.4 is 14.2 Å². The molecule has 1 aliphatic heterocycles. The number of hydrogen-bond donors (Lipinski definition) is 0. The average molecular weight is 425 g/mol. The summed E-state index contributed by atoms with van der Waals surface area (Å²) in [5.74, 6) is 2.84. The smallest absolute Gasteiger partial charge is 0.253 e. The van der Waals surface area contributed by atoms with Gasteiger partial charge in [0.05, 0.1) is 13.7 Å². The topological polar surface area (TPSA) is 96.2 Å². The predicted molar refractivity (Wildman–Crippen MR) is 110 cm³/mol. The molecule has 0 atom stereocenters. The molecule has 0 saturated heterocycles. The summed E-state index contributed by atoms with van der Waals surface area (Å²) >= 11 is 0. The molecular formula is C22H23N3O6. The first-order chi connectivity index (χ1) is 15.2. The van der Waals surface area contributed by atoms with Crippen LogP contribution in [0.2, 0.25) is 0 Å². The van der Waals surface area contributed by atoms with Crippen LogP contribution in [0.5, 0.6) is 17.2 Å².